The van der Waals surface area contributed by atoms with Crippen molar-refractivity contribution in [2.45, 2.75) is 109 Å². The number of amides is 4. The first-order chi connectivity index (χ1) is 21.5. The standard InChI is InChI=1S/C32H48N6O7/c1-32(2,3)45-31(43)36-26(23-14-8-5-9-15-23)28(41)38-19-11-17-25(38)27(40)35-24(20-39)16-10-18-34-29(33)37-30(42)44-21-22-12-6-4-7-13-22/h4,6-7,12-13,20,23-26H,5,8-11,14-19,21H2,1-3H3,(H,35,40)(H,36,43)(H3,33,34,37,42)/t24-,25-,26+/m0/s1. The molecule has 3 atom stereocenters. The van der Waals surface area contributed by atoms with Gasteiger partial charge in [-0.05, 0) is 70.8 Å². The van der Waals surface area contributed by atoms with E-state index in [9.17, 15) is 24.0 Å². The van der Waals surface area contributed by atoms with Gasteiger partial charge in [0, 0.05) is 13.1 Å². The van der Waals surface area contributed by atoms with Crippen molar-refractivity contribution in [3.8, 4) is 0 Å². The zero-order valence-electron chi connectivity index (χ0n) is 26.6. The van der Waals surface area contributed by atoms with E-state index < -0.39 is 41.8 Å². The van der Waals surface area contributed by atoms with E-state index in [1.807, 2.05) is 30.3 Å². The molecule has 0 radical (unpaired) electrons. The lowest BCUT2D eigenvalue weighted by Crippen LogP contribution is -2.57. The van der Waals surface area contributed by atoms with Crippen LogP contribution in [0.2, 0.25) is 0 Å². The monoisotopic (exact) mass is 628 g/mol. The van der Waals surface area contributed by atoms with Crippen LogP contribution in [0.4, 0.5) is 9.59 Å². The quantitative estimate of drug-likeness (QED) is 0.118. The minimum absolute atomic E-state index is 0.0426. The van der Waals surface area contributed by atoms with Gasteiger partial charge in [-0.25, -0.2) is 9.59 Å². The number of carbonyl (C=O) groups excluding carboxylic acids is 5. The summed E-state index contributed by atoms with van der Waals surface area (Å²) >= 11 is 0. The van der Waals surface area contributed by atoms with Gasteiger partial charge in [-0.15, -0.1) is 0 Å². The smallest absolute Gasteiger partial charge is 0.414 e. The average molecular weight is 629 g/mol. The van der Waals surface area contributed by atoms with Gasteiger partial charge in [0.2, 0.25) is 11.8 Å². The molecule has 0 bridgehead atoms. The van der Waals surface area contributed by atoms with Crippen LogP contribution in [0.5, 0.6) is 0 Å². The highest BCUT2D eigenvalue weighted by Gasteiger charge is 2.41. The van der Waals surface area contributed by atoms with Crippen molar-refractivity contribution in [1.82, 2.24) is 20.9 Å². The molecule has 3 rings (SSSR count). The van der Waals surface area contributed by atoms with Gasteiger partial charge in [0.1, 0.15) is 30.6 Å². The molecule has 13 heteroatoms. The number of nitrogens with zero attached hydrogens (tertiary/aromatic N) is 2. The summed E-state index contributed by atoms with van der Waals surface area (Å²) in [6.07, 6.45) is 5.69. The van der Waals surface area contributed by atoms with Gasteiger partial charge in [-0.2, -0.15) is 0 Å². The highest BCUT2D eigenvalue weighted by atomic mass is 16.6. The van der Waals surface area contributed by atoms with Gasteiger partial charge in [0.15, 0.2) is 5.96 Å². The molecule has 248 valence electrons. The molecule has 5 N–H and O–H groups in total. The molecule has 13 nitrogen and oxygen atoms in total. The van der Waals surface area contributed by atoms with E-state index in [2.05, 4.69) is 20.9 Å². The fraction of sp³-hybridized carbons (Fsp3) is 0.625. The van der Waals surface area contributed by atoms with Crippen molar-refractivity contribution < 1.29 is 33.4 Å². The van der Waals surface area contributed by atoms with Crippen molar-refractivity contribution in [3.05, 3.63) is 35.9 Å². The molecule has 1 aromatic rings. The molecular weight excluding hydrogens is 580 g/mol. The van der Waals surface area contributed by atoms with E-state index in [-0.39, 0.29) is 37.4 Å². The predicted octanol–water partition coefficient (Wildman–Crippen LogP) is 3.16. The third kappa shape index (κ3) is 12.0. The molecule has 45 heavy (non-hydrogen) atoms. The van der Waals surface area contributed by atoms with Gasteiger partial charge < -0.3 is 35.5 Å². The van der Waals surface area contributed by atoms with Gasteiger partial charge in [-0.3, -0.25) is 19.9 Å². The molecule has 0 unspecified atom stereocenters. The minimum Gasteiger partial charge on any atom is -0.444 e. The predicted molar refractivity (Wildman–Crippen MR) is 168 cm³/mol. The maximum Gasteiger partial charge on any atom is 0.414 e. The summed E-state index contributed by atoms with van der Waals surface area (Å²) in [6, 6.07) is 6.87. The molecule has 1 aliphatic heterocycles. The number of likely N-dealkylation sites (tertiary alicyclic amines) is 1. The molecule has 2 aliphatic rings. The first kappa shape index (κ1) is 35.3. The Labute approximate surface area is 265 Å². The van der Waals surface area contributed by atoms with E-state index in [1.54, 1.807) is 20.8 Å². The van der Waals surface area contributed by atoms with Crippen molar-refractivity contribution in [1.29, 1.82) is 0 Å². The SMILES string of the molecule is CC(C)(C)OC(=O)N[C@@H](C(=O)N1CCC[C@H]1C(=O)N[C@H](C=O)CCCN=C(N)NC(=O)OCc1ccccc1)C1CCCCC1. The topological polar surface area (TPSA) is 182 Å². The van der Waals surface area contributed by atoms with Crippen LogP contribution in [-0.2, 0) is 30.5 Å². The molecule has 0 aromatic heterocycles. The van der Waals surface area contributed by atoms with E-state index in [0.717, 1.165) is 37.7 Å². The number of hydrogen-bond acceptors (Lipinski definition) is 8. The number of benzene rings is 1. The van der Waals surface area contributed by atoms with E-state index in [0.29, 0.717) is 32.1 Å². The minimum atomic E-state index is -0.789. The number of ether oxygens (including phenoxy) is 2. The van der Waals surface area contributed by atoms with Crippen LogP contribution in [-0.4, -0.2) is 78.0 Å². The summed E-state index contributed by atoms with van der Waals surface area (Å²) in [5.74, 6) is -0.873. The Bertz CT molecular complexity index is 1180. The Morgan fingerprint density at radius 3 is 2.40 bits per heavy atom. The molecule has 1 saturated heterocycles. The molecule has 1 aromatic carbocycles. The molecular formula is C32H48N6O7. The highest BCUT2D eigenvalue weighted by molar-refractivity contribution is 5.93. The number of alkyl carbamates (subject to hydrolysis) is 2. The van der Waals surface area contributed by atoms with Crippen molar-refractivity contribution in [2.75, 3.05) is 13.1 Å². The number of aliphatic imine (C=N–C) groups is 1. The van der Waals surface area contributed by atoms with E-state index in [1.165, 1.54) is 4.90 Å². The summed E-state index contributed by atoms with van der Waals surface area (Å²) in [6.45, 7) is 5.96. The van der Waals surface area contributed by atoms with Crippen LogP contribution in [0.3, 0.4) is 0 Å². The Balaban J connectivity index is 1.50. The normalized spacial score (nSPS) is 18.8. The number of guanidine groups is 1. The van der Waals surface area contributed by atoms with Crippen LogP contribution < -0.4 is 21.7 Å². The Kier molecular flexibility index (Phi) is 13.6. The maximum atomic E-state index is 13.8. The van der Waals surface area contributed by atoms with Crippen LogP contribution in [0.1, 0.15) is 84.1 Å². The number of aldehydes is 1. The summed E-state index contributed by atoms with van der Waals surface area (Å²) in [4.78, 5) is 69.1. The second-order valence-corrected chi connectivity index (χ2v) is 12.6. The zero-order chi connectivity index (χ0) is 32.8. The third-order valence-corrected chi connectivity index (χ3v) is 7.79. The van der Waals surface area contributed by atoms with Crippen LogP contribution >= 0.6 is 0 Å². The summed E-state index contributed by atoms with van der Waals surface area (Å²) in [7, 11) is 0. The number of carbonyl (C=O) groups is 5. The second kappa shape index (κ2) is 17.4. The van der Waals surface area contributed by atoms with Crippen LogP contribution in [0.15, 0.2) is 35.3 Å². The summed E-state index contributed by atoms with van der Waals surface area (Å²) < 4.78 is 10.5. The molecule has 4 amide bonds. The Hall–Kier alpha value is -4.16. The molecule has 1 aliphatic carbocycles. The Morgan fingerprint density at radius 2 is 1.73 bits per heavy atom. The van der Waals surface area contributed by atoms with Crippen LogP contribution in [0, 0.1) is 5.92 Å². The van der Waals surface area contributed by atoms with Crippen molar-refractivity contribution in [2.24, 2.45) is 16.6 Å². The number of nitrogens with two attached hydrogens (primary N) is 1. The van der Waals surface area contributed by atoms with Gasteiger partial charge in [-0.1, -0.05) is 49.6 Å². The van der Waals surface area contributed by atoms with Crippen LogP contribution in [0.25, 0.3) is 0 Å². The van der Waals surface area contributed by atoms with E-state index >= 15 is 0 Å². The average Bonchev–Trinajstić information content (AvgIpc) is 3.50. The third-order valence-electron chi connectivity index (χ3n) is 7.79. The fourth-order valence-electron chi connectivity index (χ4n) is 5.63. The number of nitrogens with one attached hydrogen (secondary N) is 3. The Morgan fingerprint density at radius 1 is 1.02 bits per heavy atom. The second-order valence-electron chi connectivity index (χ2n) is 12.6. The molecule has 0 spiro atoms. The lowest BCUT2D eigenvalue weighted by atomic mass is 9.83. The first-order valence-electron chi connectivity index (χ1n) is 15.8. The summed E-state index contributed by atoms with van der Waals surface area (Å²) in [5, 5.41) is 7.91. The zero-order valence-corrected chi connectivity index (χ0v) is 26.6. The largest absolute Gasteiger partial charge is 0.444 e. The lowest BCUT2D eigenvalue weighted by Gasteiger charge is -2.35. The highest BCUT2D eigenvalue weighted by Crippen LogP contribution is 2.29. The van der Waals surface area contributed by atoms with Crippen molar-refractivity contribution >= 4 is 36.2 Å². The number of hydrogen-bond donors (Lipinski definition) is 4. The maximum absolute atomic E-state index is 13.8. The first-order valence-corrected chi connectivity index (χ1v) is 15.8. The fourth-order valence-corrected chi connectivity index (χ4v) is 5.63. The van der Waals surface area contributed by atoms with Gasteiger partial charge in [0.25, 0.3) is 0 Å². The van der Waals surface area contributed by atoms with Crippen molar-refractivity contribution in [3.63, 3.8) is 0 Å². The number of rotatable bonds is 12. The lowest BCUT2D eigenvalue weighted by molar-refractivity contribution is -0.141. The van der Waals surface area contributed by atoms with Gasteiger partial charge in [0.05, 0.1) is 6.04 Å². The van der Waals surface area contributed by atoms with E-state index in [4.69, 9.17) is 15.2 Å². The molecule has 1 saturated carbocycles. The molecule has 2 fully saturated rings. The molecule has 1 heterocycles. The van der Waals surface area contributed by atoms with Gasteiger partial charge >= 0.3 is 12.2 Å². The summed E-state index contributed by atoms with van der Waals surface area (Å²) in [5.41, 5.74) is 5.88.